The van der Waals surface area contributed by atoms with Crippen LogP contribution in [0.15, 0.2) is 34.1 Å². The second-order valence-corrected chi connectivity index (χ2v) is 7.54. The number of ether oxygens (including phenoxy) is 2. The van der Waals surface area contributed by atoms with E-state index in [4.69, 9.17) is 9.47 Å². The van der Waals surface area contributed by atoms with Crippen molar-refractivity contribution in [1.82, 2.24) is 4.90 Å². The van der Waals surface area contributed by atoms with E-state index in [-0.39, 0.29) is 5.91 Å². The quantitative estimate of drug-likeness (QED) is 0.773. The summed E-state index contributed by atoms with van der Waals surface area (Å²) in [6.07, 6.45) is 0. The number of halogens is 1. The van der Waals surface area contributed by atoms with Gasteiger partial charge >= 0.3 is 0 Å². The molecule has 1 aromatic carbocycles. The molecule has 124 valence electrons. The van der Waals surface area contributed by atoms with E-state index in [1.165, 1.54) is 4.88 Å². The molecule has 0 radical (unpaired) electrons. The Kier molecular flexibility index (Phi) is 6.44. The first kappa shape index (κ1) is 17.8. The van der Waals surface area contributed by atoms with Crippen molar-refractivity contribution in [1.29, 1.82) is 0 Å². The Morgan fingerprint density at radius 1 is 1.26 bits per heavy atom. The summed E-state index contributed by atoms with van der Waals surface area (Å²) in [5, 5.41) is 2.87. The molecule has 1 aromatic heterocycles. The zero-order valence-corrected chi connectivity index (χ0v) is 15.7. The van der Waals surface area contributed by atoms with Gasteiger partial charge in [0.15, 0.2) is 0 Å². The first-order valence-corrected chi connectivity index (χ1v) is 8.57. The maximum Gasteiger partial charge on any atom is 0.238 e. The fraction of sp³-hybridized carbons (Fsp3) is 0.312. The summed E-state index contributed by atoms with van der Waals surface area (Å²) in [6.45, 7) is 1.02. The first-order chi connectivity index (χ1) is 11.0. The molecule has 23 heavy (non-hydrogen) atoms. The van der Waals surface area contributed by atoms with E-state index in [0.717, 1.165) is 10.3 Å². The minimum absolute atomic E-state index is 0.0911. The summed E-state index contributed by atoms with van der Waals surface area (Å²) in [5.74, 6) is 1.16. The Morgan fingerprint density at radius 2 is 2.04 bits per heavy atom. The third kappa shape index (κ3) is 5.23. The molecule has 2 aromatic rings. The fourth-order valence-corrected chi connectivity index (χ4v) is 3.66. The van der Waals surface area contributed by atoms with E-state index >= 15 is 0 Å². The van der Waals surface area contributed by atoms with E-state index in [9.17, 15) is 4.79 Å². The number of methoxy groups -OCH3 is 2. The summed E-state index contributed by atoms with van der Waals surface area (Å²) in [4.78, 5) is 15.4. The molecule has 1 amide bonds. The Balaban J connectivity index is 1.93. The topological polar surface area (TPSA) is 50.8 Å². The molecule has 0 atom stereocenters. The highest BCUT2D eigenvalue weighted by molar-refractivity contribution is 9.11. The van der Waals surface area contributed by atoms with E-state index in [1.807, 2.05) is 18.0 Å². The van der Waals surface area contributed by atoms with Gasteiger partial charge in [0.25, 0.3) is 0 Å². The minimum atomic E-state index is -0.0911. The summed E-state index contributed by atoms with van der Waals surface area (Å²) in [6, 6.07) is 9.35. The van der Waals surface area contributed by atoms with Gasteiger partial charge in [-0.15, -0.1) is 11.3 Å². The smallest absolute Gasteiger partial charge is 0.238 e. The van der Waals surface area contributed by atoms with Gasteiger partial charge in [0.2, 0.25) is 5.91 Å². The Morgan fingerprint density at radius 3 is 2.65 bits per heavy atom. The van der Waals surface area contributed by atoms with Crippen molar-refractivity contribution < 1.29 is 14.3 Å². The molecule has 0 aliphatic carbocycles. The lowest BCUT2D eigenvalue weighted by Crippen LogP contribution is -2.29. The van der Waals surface area contributed by atoms with Gasteiger partial charge in [0.1, 0.15) is 11.5 Å². The van der Waals surface area contributed by atoms with Crippen LogP contribution in [0.4, 0.5) is 5.69 Å². The Bertz CT molecular complexity index is 675. The molecule has 0 saturated carbocycles. The third-order valence-corrected chi connectivity index (χ3v) is 4.76. The SMILES string of the molecule is COc1ccc(NC(=O)CN(C)Cc2ccc(Br)s2)c(OC)c1. The number of hydrogen-bond acceptors (Lipinski definition) is 5. The van der Waals surface area contributed by atoms with E-state index in [0.29, 0.717) is 23.7 Å². The monoisotopic (exact) mass is 398 g/mol. The van der Waals surface area contributed by atoms with Crippen molar-refractivity contribution in [2.45, 2.75) is 6.54 Å². The highest BCUT2D eigenvalue weighted by Gasteiger charge is 2.12. The van der Waals surface area contributed by atoms with E-state index in [2.05, 4.69) is 27.3 Å². The van der Waals surface area contributed by atoms with E-state index in [1.54, 1.807) is 43.8 Å². The van der Waals surface area contributed by atoms with Gasteiger partial charge in [-0.1, -0.05) is 0 Å². The number of likely N-dealkylation sites (N-methyl/N-ethyl adjacent to an activating group) is 1. The maximum atomic E-state index is 12.2. The number of carbonyl (C=O) groups excluding carboxylic acids is 1. The van der Waals surface area contributed by atoms with Crippen molar-refractivity contribution in [3.63, 3.8) is 0 Å². The Labute approximate surface area is 148 Å². The van der Waals surface area contributed by atoms with Crippen LogP contribution < -0.4 is 14.8 Å². The molecule has 0 aliphatic rings. The fourth-order valence-electron chi connectivity index (χ4n) is 2.10. The maximum absolute atomic E-state index is 12.2. The van der Waals surface area contributed by atoms with E-state index < -0.39 is 0 Å². The highest BCUT2D eigenvalue weighted by Crippen LogP contribution is 2.29. The number of nitrogens with one attached hydrogen (secondary N) is 1. The lowest BCUT2D eigenvalue weighted by Gasteiger charge is -2.16. The number of anilines is 1. The van der Waals surface area contributed by atoms with Crippen LogP contribution >= 0.6 is 27.3 Å². The van der Waals surface area contributed by atoms with Crippen LogP contribution in [0, 0.1) is 0 Å². The summed E-state index contributed by atoms with van der Waals surface area (Å²) in [5.41, 5.74) is 0.630. The molecule has 0 aliphatic heterocycles. The van der Waals surface area contributed by atoms with Gasteiger partial charge in [0, 0.05) is 17.5 Å². The number of nitrogens with zero attached hydrogens (tertiary/aromatic N) is 1. The number of carbonyl (C=O) groups is 1. The predicted molar refractivity (Wildman–Crippen MR) is 96.5 cm³/mol. The zero-order chi connectivity index (χ0) is 16.8. The zero-order valence-electron chi connectivity index (χ0n) is 13.3. The van der Waals surface area contributed by atoms with Crippen molar-refractivity contribution in [3.05, 3.63) is 39.0 Å². The predicted octanol–water partition coefficient (Wildman–Crippen LogP) is 3.60. The lowest BCUT2D eigenvalue weighted by molar-refractivity contribution is -0.117. The normalized spacial score (nSPS) is 10.7. The highest BCUT2D eigenvalue weighted by atomic mass is 79.9. The number of amides is 1. The van der Waals surface area contributed by atoms with Crippen LogP contribution in [0.25, 0.3) is 0 Å². The van der Waals surface area contributed by atoms with Crippen LogP contribution in [0.2, 0.25) is 0 Å². The van der Waals surface area contributed by atoms with Gasteiger partial charge in [0.05, 0.1) is 30.2 Å². The van der Waals surface area contributed by atoms with Crippen molar-refractivity contribution in [2.24, 2.45) is 0 Å². The van der Waals surface area contributed by atoms with Gasteiger partial charge in [-0.3, -0.25) is 9.69 Å². The Hall–Kier alpha value is -1.57. The molecule has 0 fully saturated rings. The molecular formula is C16H19BrN2O3S. The van der Waals surface area contributed by atoms with Gasteiger partial charge < -0.3 is 14.8 Å². The number of hydrogen-bond donors (Lipinski definition) is 1. The van der Waals surface area contributed by atoms with Gasteiger partial charge in [-0.25, -0.2) is 0 Å². The molecule has 0 spiro atoms. The second-order valence-electron chi connectivity index (χ2n) is 4.99. The van der Waals surface area contributed by atoms with Gasteiger partial charge in [-0.05, 0) is 47.2 Å². The van der Waals surface area contributed by atoms with Crippen LogP contribution in [0.1, 0.15) is 4.88 Å². The van der Waals surface area contributed by atoms with Crippen molar-refractivity contribution >= 4 is 38.9 Å². The average Bonchev–Trinajstić information content (AvgIpc) is 2.92. The molecule has 0 unspecified atom stereocenters. The number of thiophene rings is 1. The number of benzene rings is 1. The number of rotatable bonds is 7. The van der Waals surface area contributed by atoms with Gasteiger partial charge in [-0.2, -0.15) is 0 Å². The second kappa shape index (κ2) is 8.33. The molecule has 1 heterocycles. The minimum Gasteiger partial charge on any atom is -0.497 e. The standard InChI is InChI=1S/C16H19BrN2O3S/c1-19(9-12-5-7-15(17)23-12)10-16(20)18-13-6-4-11(21-2)8-14(13)22-3/h4-8H,9-10H2,1-3H3,(H,18,20). The molecule has 5 nitrogen and oxygen atoms in total. The van der Waals surface area contributed by atoms with Crippen LogP contribution in [-0.2, 0) is 11.3 Å². The summed E-state index contributed by atoms with van der Waals surface area (Å²) < 4.78 is 11.5. The van der Waals surface area contributed by atoms with Crippen LogP contribution in [0.5, 0.6) is 11.5 Å². The molecule has 2 rings (SSSR count). The molecular weight excluding hydrogens is 380 g/mol. The largest absolute Gasteiger partial charge is 0.497 e. The van der Waals surface area contributed by atoms with Crippen LogP contribution in [0.3, 0.4) is 0 Å². The molecule has 7 heteroatoms. The lowest BCUT2D eigenvalue weighted by atomic mass is 10.2. The summed E-state index contributed by atoms with van der Waals surface area (Å²) in [7, 11) is 5.06. The molecule has 0 bridgehead atoms. The van der Waals surface area contributed by atoms with Crippen molar-refractivity contribution in [2.75, 3.05) is 33.1 Å². The van der Waals surface area contributed by atoms with Crippen LogP contribution in [-0.4, -0.2) is 38.6 Å². The molecule has 1 N–H and O–H groups in total. The summed E-state index contributed by atoms with van der Waals surface area (Å²) >= 11 is 5.11. The van der Waals surface area contributed by atoms with Crippen molar-refractivity contribution in [3.8, 4) is 11.5 Å². The third-order valence-electron chi connectivity index (χ3n) is 3.15. The average molecular weight is 399 g/mol. The first-order valence-electron chi connectivity index (χ1n) is 6.96. The molecule has 0 saturated heterocycles.